The van der Waals surface area contributed by atoms with Crippen molar-refractivity contribution in [3.05, 3.63) is 63.4 Å². The van der Waals surface area contributed by atoms with E-state index in [0.717, 1.165) is 5.56 Å². The molecule has 1 heterocycles. The van der Waals surface area contributed by atoms with Crippen molar-refractivity contribution in [1.82, 2.24) is 9.55 Å². The summed E-state index contributed by atoms with van der Waals surface area (Å²) < 4.78 is 28.9. The average Bonchev–Trinajstić information content (AvgIpc) is 2.67. The van der Waals surface area contributed by atoms with Gasteiger partial charge in [0, 0.05) is 6.07 Å². The number of rotatable bonds is 2. The van der Waals surface area contributed by atoms with Crippen LogP contribution >= 0.6 is 23.8 Å². The molecule has 0 radical (unpaired) electrons. The minimum absolute atomic E-state index is 0.0339. The minimum atomic E-state index is -0.513. The van der Waals surface area contributed by atoms with Gasteiger partial charge in [0.1, 0.15) is 11.6 Å². The summed E-state index contributed by atoms with van der Waals surface area (Å²) in [5.74, 6) is -0.829. The van der Waals surface area contributed by atoms with Crippen LogP contribution in [0.2, 0.25) is 5.02 Å². The SMILES string of the molecule is Fc1cccc(Cn2c(=S)[nH]c3cc(Cl)c(F)cc32)c1. The Bertz CT molecular complexity index is 854. The maximum Gasteiger partial charge on any atom is 0.178 e. The lowest BCUT2D eigenvalue weighted by atomic mass is 10.2. The van der Waals surface area contributed by atoms with Crippen molar-refractivity contribution in [3.63, 3.8) is 0 Å². The Morgan fingerprint density at radius 2 is 2.00 bits per heavy atom. The Morgan fingerprint density at radius 3 is 2.75 bits per heavy atom. The van der Waals surface area contributed by atoms with Crippen LogP contribution < -0.4 is 0 Å². The van der Waals surface area contributed by atoms with Crippen LogP contribution in [0, 0.1) is 16.4 Å². The van der Waals surface area contributed by atoms with Gasteiger partial charge in [-0.05, 0) is 36.0 Å². The predicted octanol–water partition coefficient (Wildman–Crippen LogP) is 4.68. The minimum Gasteiger partial charge on any atom is -0.331 e. The van der Waals surface area contributed by atoms with E-state index >= 15 is 0 Å². The van der Waals surface area contributed by atoms with Gasteiger partial charge in [0.15, 0.2) is 4.77 Å². The largest absolute Gasteiger partial charge is 0.331 e. The molecule has 1 aromatic heterocycles. The summed E-state index contributed by atoms with van der Waals surface area (Å²) in [7, 11) is 0. The van der Waals surface area contributed by atoms with Crippen molar-refractivity contribution in [1.29, 1.82) is 0 Å². The molecule has 0 amide bonds. The van der Waals surface area contributed by atoms with Crippen LogP contribution in [0.15, 0.2) is 36.4 Å². The number of aromatic amines is 1. The third-order valence-corrected chi connectivity index (χ3v) is 3.66. The first-order chi connectivity index (χ1) is 9.54. The van der Waals surface area contributed by atoms with Crippen LogP contribution in [-0.2, 0) is 6.54 Å². The molecule has 0 aliphatic rings. The number of hydrogen-bond donors (Lipinski definition) is 1. The highest BCUT2D eigenvalue weighted by Gasteiger charge is 2.09. The quantitative estimate of drug-likeness (QED) is 0.682. The third kappa shape index (κ3) is 2.34. The molecule has 0 saturated carbocycles. The lowest BCUT2D eigenvalue weighted by molar-refractivity contribution is 0.622. The van der Waals surface area contributed by atoms with Crippen molar-refractivity contribution in [2.45, 2.75) is 6.54 Å². The predicted molar refractivity (Wildman–Crippen MR) is 77.6 cm³/mol. The van der Waals surface area contributed by atoms with E-state index in [1.165, 1.54) is 24.3 Å². The summed E-state index contributed by atoms with van der Waals surface area (Å²) in [6.45, 7) is 0.359. The zero-order valence-electron chi connectivity index (χ0n) is 10.2. The molecule has 0 bridgehead atoms. The van der Waals surface area contributed by atoms with E-state index in [1.807, 2.05) is 0 Å². The van der Waals surface area contributed by atoms with E-state index in [4.69, 9.17) is 23.8 Å². The Morgan fingerprint density at radius 1 is 1.20 bits per heavy atom. The van der Waals surface area contributed by atoms with Gasteiger partial charge in [-0.3, -0.25) is 0 Å². The molecule has 0 spiro atoms. The lowest BCUT2D eigenvalue weighted by Gasteiger charge is -2.05. The van der Waals surface area contributed by atoms with Gasteiger partial charge in [-0.25, -0.2) is 8.78 Å². The van der Waals surface area contributed by atoms with Gasteiger partial charge in [0.25, 0.3) is 0 Å². The first kappa shape index (κ1) is 13.3. The molecule has 0 atom stereocenters. The van der Waals surface area contributed by atoms with E-state index in [0.29, 0.717) is 22.3 Å². The first-order valence-electron chi connectivity index (χ1n) is 5.86. The van der Waals surface area contributed by atoms with Gasteiger partial charge in [-0.2, -0.15) is 0 Å². The Kier molecular flexibility index (Phi) is 3.31. The monoisotopic (exact) mass is 310 g/mol. The number of benzene rings is 2. The number of imidazole rings is 1. The second-order valence-corrected chi connectivity index (χ2v) is 5.22. The van der Waals surface area contributed by atoms with Crippen LogP contribution in [0.5, 0.6) is 0 Å². The fraction of sp³-hybridized carbons (Fsp3) is 0.0714. The van der Waals surface area contributed by atoms with Crippen LogP contribution in [0.1, 0.15) is 5.56 Å². The highest BCUT2D eigenvalue weighted by Crippen LogP contribution is 2.23. The highest BCUT2D eigenvalue weighted by atomic mass is 35.5. The Balaban J connectivity index is 2.14. The summed E-state index contributed by atoms with van der Waals surface area (Å²) in [5.41, 5.74) is 2.00. The van der Waals surface area contributed by atoms with Gasteiger partial charge in [-0.1, -0.05) is 23.7 Å². The fourth-order valence-electron chi connectivity index (χ4n) is 2.13. The van der Waals surface area contributed by atoms with E-state index in [1.54, 1.807) is 16.7 Å². The molecule has 0 unspecified atom stereocenters. The molecule has 2 nitrogen and oxygen atoms in total. The molecule has 1 N–H and O–H groups in total. The molecule has 3 aromatic rings. The van der Waals surface area contributed by atoms with Crippen molar-refractivity contribution in [3.8, 4) is 0 Å². The van der Waals surface area contributed by atoms with Gasteiger partial charge in [0.05, 0.1) is 22.6 Å². The average molecular weight is 311 g/mol. The van der Waals surface area contributed by atoms with Crippen LogP contribution in [0.4, 0.5) is 8.78 Å². The number of nitrogens with zero attached hydrogens (tertiary/aromatic N) is 1. The molecular formula is C14H9ClF2N2S. The molecule has 0 aliphatic heterocycles. The number of H-pyrrole nitrogens is 1. The van der Waals surface area contributed by atoms with Crippen LogP contribution in [0.25, 0.3) is 11.0 Å². The zero-order chi connectivity index (χ0) is 14.3. The van der Waals surface area contributed by atoms with Crippen molar-refractivity contribution in [2.75, 3.05) is 0 Å². The van der Waals surface area contributed by atoms with Crippen LogP contribution in [0.3, 0.4) is 0 Å². The molecular weight excluding hydrogens is 302 g/mol. The Hall–Kier alpha value is -1.72. The number of halogens is 3. The van der Waals surface area contributed by atoms with Gasteiger partial charge in [0.2, 0.25) is 0 Å². The van der Waals surface area contributed by atoms with Crippen molar-refractivity contribution < 1.29 is 8.78 Å². The number of fused-ring (bicyclic) bond motifs is 1. The number of nitrogens with one attached hydrogen (secondary N) is 1. The molecule has 2 aromatic carbocycles. The normalized spacial score (nSPS) is 11.2. The Labute approximate surface area is 123 Å². The van der Waals surface area contributed by atoms with Crippen molar-refractivity contribution in [2.24, 2.45) is 0 Å². The van der Waals surface area contributed by atoms with E-state index in [9.17, 15) is 8.78 Å². The standard InChI is InChI=1S/C14H9ClF2N2S/c15-10-5-12-13(6-11(10)17)19(14(20)18-12)7-8-2-1-3-9(16)4-8/h1-6H,7H2,(H,18,20). The molecule has 102 valence electrons. The van der Waals surface area contributed by atoms with E-state index < -0.39 is 5.82 Å². The molecule has 0 fully saturated rings. The second kappa shape index (κ2) is 5.00. The molecule has 6 heteroatoms. The second-order valence-electron chi connectivity index (χ2n) is 4.43. The van der Waals surface area contributed by atoms with Gasteiger partial charge >= 0.3 is 0 Å². The third-order valence-electron chi connectivity index (χ3n) is 3.05. The molecule has 0 aliphatic carbocycles. The summed E-state index contributed by atoms with van der Waals surface area (Å²) >= 11 is 11.0. The number of aromatic nitrogens is 2. The maximum absolute atomic E-state index is 13.6. The zero-order valence-corrected chi connectivity index (χ0v) is 11.7. The fourth-order valence-corrected chi connectivity index (χ4v) is 2.56. The summed E-state index contributed by atoms with van der Waals surface area (Å²) in [5, 5.41) is 0.0339. The summed E-state index contributed by atoms with van der Waals surface area (Å²) in [4.78, 5) is 2.96. The smallest absolute Gasteiger partial charge is 0.178 e. The maximum atomic E-state index is 13.6. The highest BCUT2D eigenvalue weighted by molar-refractivity contribution is 7.71. The molecule has 0 saturated heterocycles. The summed E-state index contributed by atoms with van der Waals surface area (Å²) in [6.07, 6.45) is 0. The van der Waals surface area contributed by atoms with Gasteiger partial charge < -0.3 is 9.55 Å². The van der Waals surface area contributed by atoms with Crippen molar-refractivity contribution >= 4 is 34.9 Å². The molecule has 20 heavy (non-hydrogen) atoms. The lowest BCUT2D eigenvalue weighted by Crippen LogP contribution is -2.00. The number of hydrogen-bond acceptors (Lipinski definition) is 1. The van der Waals surface area contributed by atoms with E-state index in [-0.39, 0.29) is 10.8 Å². The van der Waals surface area contributed by atoms with Gasteiger partial charge in [-0.15, -0.1) is 0 Å². The summed E-state index contributed by atoms with van der Waals surface area (Å²) in [6, 6.07) is 9.02. The first-order valence-corrected chi connectivity index (χ1v) is 6.65. The van der Waals surface area contributed by atoms with Crippen LogP contribution in [-0.4, -0.2) is 9.55 Å². The van der Waals surface area contributed by atoms with E-state index in [2.05, 4.69) is 4.98 Å². The topological polar surface area (TPSA) is 20.7 Å². The molecule has 3 rings (SSSR count).